The summed E-state index contributed by atoms with van der Waals surface area (Å²) >= 11 is 0. The summed E-state index contributed by atoms with van der Waals surface area (Å²) < 4.78 is 20.4. The highest BCUT2D eigenvalue weighted by Crippen LogP contribution is 2.32. The fourth-order valence-electron chi connectivity index (χ4n) is 4.64. The first-order chi connectivity index (χ1) is 13.0. The van der Waals surface area contributed by atoms with Crippen LogP contribution in [0.4, 0.5) is 9.18 Å². The quantitative estimate of drug-likeness (QED) is 0.747. The van der Waals surface area contributed by atoms with Gasteiger partial charge in [-0.25, -0.2) is 9.18 Å². The Balaban J connectivity index is 1.52. The van der Waals surface area contributed by atoms with Gasteiger partial charge in [-0.1, -0.05) is 6.42 Å². The molecule has 2 aliphatic heterocycles. The average molecular weight is 384 g/mol. The maximum absolute atomic E-state index is 15.0. The first-order valence-electron chi connectivity index (χ1n) is 10.2. The van der Waals surface area contributed by atoms with E-state index in [1.54, 1.807) is 4.90 Å². The molecule has 0 aromatic heterocycles. The molecule has 2 heterocycles. The number of alkyl halides is 1. The van der Waals surface area contributed by atoms with Gasteiger partial charge in [0.15, 0.2) is 0 Å². The zero-order chi connectivity index (χ0) is 19.4. The van der Waals surface area contributed by atoms with Crippen molar-refractivity contribution in [1.29, 1.82) is 0 Å². The van der Waals surface area contributed by atoms with Crippen molar-refractivity contribution in [3.63, 3.8) is 0 Å². The molecule has 154 valence electrons. The highest BCUT2D eigenvalue weighted by Gasteiger charge is 2.42. The van der Waals surface area contributed by atoms with E-state index in [2.05, 4.69) is 15.5 Å². The van der Waals surface area contributed by atoms with E-state index < -0.39 is 6.17 Å². The highest BCUT2D eigenvalue weighted by molar-refractivity contribution is 5.73. The molecule has 7 nitrogen and oxygen atoms in total. The normalized spacial score (nSPS) is 35.0. The lowest BCUT2D eigenvalue weighted by atomic mass is 9.87. The zero-order valence-corrected chi connectivity index (χ0v) is 16.5. The molecule has 4 unspecified atom stereocenters. The van der Waals surface area contributed by atoms with Crippen LogP contribution in [0.3, 0.4) is 0 Å². The van der Waals surface area contributed by atoms with E-state index in [1.807, 2.05) is 7.05 Å². The Morgan fingerprint density at radius 2 is 2.19 bits per heavy atom. The minimum atomic E-state index is -0.945. The van der Waals surface area contributed by atoms with Gasteiger partial charge in [-0.05, 0) is 39.3 Å². The van der Waals surface area contributed by atoms with Gasteiger partial charge in [-0.3, -0.25) is 9.69 Å². The van der Waals surface area contributed by atoms with E-state index in [1.165, 1.54) is 19.8 Å². The van der Waals surface area contributed by atoms with Crippen molar-refractivity contribution < 1.29 is 18.7 Å². The van der Waals surface area contributed by atoms with E-state index in [9.17, 15) is 9.59 Å². The lowest BCUT2D eigenvalue weighted by Gasteiger charge is -2.42. The largest absolute Gasteiger partial charge is 0.442 e. The predicted molar refractivity (Wildman–Crippen MR) is 100 cm³/mol. The van der Waals surface area contributed by atoms with Crippen LogP contribution in [0.2, 0.25) is 0 Å². The molecule has 27 heavy (non-hydrogen) atoms. The van der Waals surface area contributed by atoms with Crippen LogP contribution in [-0.2, 0) is 9.53 Å². The van der Waals surface area contributed by atoms with Gasteiger partial charge in [0.2, 0.25) is 5.91 Å². The standard InChI is InChI=1S/C19H33FN4O3/c1-13(25)22-11-16-12-24(19(26)27-16)14-6-7-18(17(20)9-14)23(2)15-5-3-4-8-21-10-15/h14-18,21H,3-12H2,1-2H3,(H,22,25)/t14?,15?,16-,17?,18?/m0/s1. The van der Waals surface area contributed by atoms with Crippen LogP contribution >= 0.6 is 0 Å². The molecule has 3 rings (SSSR count). The molecule has 0 spiro atoms. The lowest BCUT2D eigenvalue weighted by Crippen LogP contribution is -2.53. The second kappa shape index (κ2) is 9.19. The summed E-state index contributed by atoms with van der Waals surface area (Å²) in [5, 5.41) is 6.13. The lowest BCUT2D eigenvalue weighted by molar-refractivity contribution is -0.119. The molecule has 0 radical (unpaired) electrons. The van der Waals surface area contributed by atoms with Crippen LogP contribution in [0.5, 0.6) is 0 Å². The van der Waals surface area contributed by atoms with Gasteiger partial charge in [0.1, 0.15) is 12.3 Å². The first kappa shape index (κ1) is 20.3. The van der Waals surface area contributed by atoms with Gasteiger partial charge in [0.25, 0.3) is 0 Å². The summed E-state index contributed by atoms with van der Waals surface area (Å²) in [6.07, 6.45) is 3.70. The Labute approximate surface area is 161 Å². The third-order valence-electron chi connectivity index (χ3n) is 6.25. The van der Waals surface area contributed by atoms with Gasteiger partial charge in [-0.15, -0.1) is 0 Å². The van der Waals surface area contributed by atoms with Crippen molar-refractivity contribution in [3.05, 3.63) is 0 Å². The topological polar surface area (TPSA) is 73.9 Å². The number of ether oxygens (including phenoxy) is 1. The molecule has 0 aromatic rings. The Morgan fingerprint density at radius 3 is 2.93 bits per heavy atom. The molecule has 2 saturated heterocycles. The summed E-state index contributed by atoms with van der Waals surface area (Å²) in [4.78, 5) is 27.1. The number of nitrogens with zero attached hydrogens (tertiary/aromatic N) is 2. The number of likely N-dealkylation sites (N-methyl/N-ethyl adjacent to an activating group) is 1. The van der Waals surface area contributed by atoms with Gasteiger partial charge >= 0.3 is 6.09 Å². The molecule has 1 aliphatic carbocycles. The maximum atomic E-state index is 15.0. The van der Waals surface area contributed by atoms with Crippen molar-refractivity contribution in [2.75, 3.05) is 33.2 Å². The highest BCUT2D eigenvalue weighted by atomic mass is 19.1. The third kappa shape index (κ3) is 5.10. The number of cyclic esters (lactones) is 1. The van der Waals surface area contributed by atoms with Crippen molar-refractivity contribution >= 4 is 12.0 Å². The number of carbonyl (C=O) groups excluding carboxylic acids is 2. The smallest absolute Gasteiger partial charge is 0.410 e. The Hall–Kier alpha value is -1.41. The van der Waals surface area contributed by atoms with Gasteiger partial charge in [0.05, 0.1) is 13.1 Å². The van der Waals surface area contributed by atoms with Crippen LogP contribution in [0.1, 0.15) is 45.4 Å². The first-order valence-corrected chi connectivity index (χ1v) is 10.2. The van der Waals surface area contributed by atoms with E-state index in [0.29, 0.717) is 25.6 Å². The molecular formula is C19H33FN4O3. The fourth-order valence-corrected chi connectivity index (χ4v) is 4.64. The van der Waals surface area contributed by atoms with Crippen molar-refractivity contribution in [1.82, 2.24) is 20.4 Å². The van der Waals surface area contributed by atoms with E-state index in [4.69, 9.17) is 4.74 Å². The fraction of sp³-hybridized carbons (Fsp3) is 0.895. The summed E-state index contributed by atoms with van der Waals surface area (Å²) in [6.45, 7) is 4.13. The predicted octanol–water partition coefficient (Wildman–Crippen LogP) is 1.28. The van der Waals surface area contributed by atoms with E-state index in [0.717, 1.165) is 32.4 Å². The third-order valence-corrected chi connectivity index (χ3v) is 6.25. The number of hydrogen-bond donors (Lipinski definition) is 2. The van der Waals surface area contributed by atoms with Crippen LogP contribution in [0.25, 0.3) is 0 Å². The van der Waals surface area contributed by atoms with E-state index in [-0.39, 0.29) is 30.2 Å². The molecule has 3 fully saturated rings. The number of amides is 2. The van der Waals surface area contributed by atoms with Crippen LogP contribution in [0.15, 0.2) is 0 Å². The summed E-state index contributed by atoms with van der Waals surface area (Å²) in [5.74, 6) is -0.148. The summed E-state index contributed by atoms with van der Waals surface area (Å²) in [6, 6.07) is 0.178. The molecule has 0 bridgehead atoms. The molecule has 8 heteroatoms. The monoisotopic (exact) mass is 384 g/mol. The SMILES string of the molecule is CC(=O)NC[C@H]1CN(C2CCC(N(C)C3CCCCNC3)C(F)C2)C(=O)O1. The Kier molecular flexibility index (Phi) is 6.92. The molecule has 2 N–H and O–H groups in total. The number of hydrogen-bond acceptors (Lipinski definition) is 5. The van der Waals surface area contributed by atoms with Gasteiger partial charge in [0, 0.05) is 38.0 Å². The maximum Gasteiger partial charge on any atom is 0.410 e. The van der Waals surface area contributed by atoms with Crippen LogP contribution in [0, 0.1) is 0 Å². The van der Waals surface area contributed by atoms with Crippen molar-refractivity contribution in [2.24, 2.45) is 0 Å². The van der Waals surface area contributed by atoms with Crippen LogP contribution < -0.4 is 10.6 Å². The van der Waals surface area contributed by atoms with Gasteiger partial charge < -0.3 is 20.3 Å². The van der Waals surface area contributed by atoms with Crippen LogP contribution in [-0.4, -0.2) is 85.4 Å². The molecule has 2 amide bonds. The number of nitrogens with one attached hydrogen (secondary N) is 2. The van der Waals surface area contributed by atoms with E-state index >= 15 is 4.39 Å². The van der Waals surface area contributed by atoms with Gasteiger partial charge in [-0.2, -0.15) is 0 Å². The molecular weight excluding hydrogens is 351 g/mol. The number of carbonyl (C=O) groups is 2. The summed E-state index contributed by atoms with van der Waals surface area (Å²) in [5.41, 5.74) is 0. The zero-order valence-electron chi connectivity index (χ0n) is 16.5. The Morgan fingerprint density at radius 1 is 1.37 bits per heavy atom. The number of rotatable bonds is 5. The molecule has 3 aliphatic rings. The minimum Gasteiger partial charge on any atom is -0.442 e. The molecule has 0 aromatic carbocycles. The average Bonchev–Trinajstić information content (AvgIpc) is 2.83. The van der Waals surface area contributed by atoms with Crippen molar-refractivity contribution in [2.45, 2.75) is 75.8 Å². The van der Waals surface area contributed by atoms with Crippen molar-refractivity contribution in [3.8, 4) is 0 Å². The second-order valence-corrected chi connectivity index (χ2v) is 8.16. The number of halogens is 1. The minimum absolute atomic E-state index is 0.0834. The molecule has 5 atom stereocenters. The second-order valence-electron chi connectivity index (χ2n) is 8.16. The Bertz CT molecular complexity index is 527. The summed E-state index contributed by atoms with van der Waals surface area (Å²) in [7, 11) is 2.04. The molecule has 1 saturated carbocycles.